The van der Waals surface area contributed by atoms with Gasteiger partial charge in [-0.15, -0.1) is 0 Å². The van der Waals surface area contributed by atoms with Gasteiger partial charge in [0.2, 0.25) is 0 Å². The van der Waals surface area contributed by atoms with Crippen LogP contribution in [0.5, 0.6) is 0 Å². The first-order valence-electron chi connectivity index (χ1n) is 9.23. The molecule has 1 aromatic carbocycles. The Morgan fingerprint density at radius 2 is 1.83 bits per heavy atom. The van der Waals surface area contributed by atoms with Crippen LogP contribution in [0.1, 0.15) is 30.2 Å². The summed E-state index contributed by atoms with van der Waals surface area (Å²) in [6.07, 6.45) is 5.51. The first-order valence-corrected chi connectivity index (χ1v) is 9.23. The van der Waals surface area contributed by atoms with E-state index in [0.29, 0.717) is 18.0 Å². The quantitative estimate of drug-likeness (QED) is 0.938. The molecule has 2 aromatic rings. The smallest absolute Gasteiger partial charge is 0.0543 e. The Balaban J connectivity index is 1.30. The molecule has 4 rings (SSSR count). The molecule has 0 spiro atoms. The summed E-state index contributed by atoms with van der Waals surface area (Å²) in [6.45, 7) is 5.70. The van der Waals surface area contributed by atoms with Crippen LogP contribution in [0.2, 0.25) is 0 Å². The molecule has 0 saturated carbocycles. The van der Waals surface area contributed by atoms with Gasteiger partial charge in [-0.2, -0.15) is 0 Å². The second-order valence-electron chi connectivity index (χ2n) is 7.47. The molecule has 3 heteroatoms. The van der Waals surface area contributed by atoms with Crippen molar-refractivity contribution in [2.24, 2.45) is 5.92 Å². The van der Waals surface area contributed by atoms with E-state index in [0.717, 1.165) is 19.6 Å². The normalized spacial score (nSPS) is 24.9. The largest absolute Gasteiger partial charge is 0.310 e. The molecule has 1 aromatic heterocycles. The average Bonchev–Trinajstić information content (AvgIpc) is 3.01. The van der Waals surface area contributed by atoms with Gasteiger partial charge in [0.15, 0.2) is 0 Å². The standard InChI is InChI=1S/C21H27N3/c1-16-14-24(15-19-8-4-5-10-22-19)11-9-21(16)23-20-12-17-6-2-3-7-18(17)13-20/h2-8,10,16,20-21,23H,9,11-15H2,1H3/t16-,21+/m1/s1. The van der Waals surface area contributed by atoms with Crippen molar-refractivity contribution in [1.29, 1.82) is 0 Å². The highest BCUT2D eigenvalue weighted by molar-refractivity contribution is 5.33. The summed E-state index contributed by atoms with van der Waals surface area (Å²) in [5, 5.41) is 3.96. The number of hydrogen-bond acceptors (Lipinski definition) is 3. The molecule has 2 aliphatic rings. The summed E-state index contributed by atoms with van der Waals surface area (Å²) in [4.78, 5) is 7.02. The molecule has 0 amide bonds. The number of fused-ring (bicyclic) bond motifs is 1. The highest BCUT2D eigenvalue weighted by Gasteiger charge is 2.30. The number of nitrogens with zero attached hydrogens (tertiary/aromatic N) is 2. The van der Waals surface area contributed by atoms with Crippen molar-refractivity contribution in [2.75, 3.05) is 13.1 Å². The molecule has 1 aliphatic carbocycles. The Hall–Kier alpha value is -1.71. The van der Waals surface area contributed by atoms with Gasteiger partial charge in [0.1, 0.15) is 0 Å². The van der Waals surface area contributed by atoms with Gasteiger partial charge in [0.05, 0.1) is 5.69 Å². The van der Waals surface area contributed by atoms with Crippen molar-refractivity contribution in [3.63, 3.8) is 0 Å². The first kappa shape index (κ1) is 15.8. The Morgan fingerprint density at radius 3 is 2.50 bits per heavy atom. The van der Waals surface area contributed by atoms with E-state index in [9.17, 15) is 0 Å². The van der Waals surface area contributed by atoms with Gasteiger partial charge in [0, 0.05) is 37.9 Å². The number of rotatable bonds is 4. The Bertz CT molecular complexity index is 645. The number of pyridine rings is 1. The summed E-state index contributed by atoms with van der Waals surface area (Å²) in [5.41, 5.74) is 4.26. The summed E-state index contributed by atoms with van der Waals surface area (Å²) in [5.74, 6) is 0.686. The number of nitrogens with one attached hydrogen (secondary N) is 1. The maximum Gasteiger partial charge on any atom is 0.0543 e. The van der Waals surface area contributed by atoms with E-state index in [1.54, 1.807) is 0 Å². The minimum absolute atomic E-state index is 0.622. The lowest BCUT2D eigenvalue weighted by Crippen LogP contribution is -2.51. The molecule has 2 heterocycles. The third kappa shape index (κ3) is 3.52. The second kappa shape index (κ2) is 7.04. The zero-order valence-corrected chi connectivity index (χ0v) is 14.5. The second-order valence-corrected chi connectivity index (χ2v) is 7.47. The molecule has 1 aliphatic heterocycles. The molecule has 1 N–H and O–H groups in total. The third-order valence-electron chi connectivity index (χ3n) is 5.60. The van der Waals surface area contributed by atoms with Crippen LogP contribution >= 0.6 is 0 Å². The topological polar surface area (TPSA) is 28.2 Å². The summed E-state index contributed by atoms with van der Waals surface area (Å²) in [7, 11) is 0. The third-order valence-corrected chi connectivity index (χ3v) is 5.60. The highest BCUT2D eigenvalue weighted by atomic mass is 15.2. The highest BCUT2D eigenvalue weighted by Crippen LogP contribution is 2.25. The van der Waals surface area contributed by atoms with Crippen LogP contribution < -0.4 is 5.32 Å². The van der Waals surface area contributed by atoms with Gasteiger partial charge in [-0.05, 0) is 48.4 Å². The van der Waals surface area contributed by atoms with Crippen molar-refractivity contribution in [1.82, 2.24) is 15.2 Å². The van der Waals surface area contributed by atoms with E-state index >= 15 is 0 Å². The molecule has 2 atom stereocenters. The van der Waals surface area contributed by atoms with E-state index in [1.165, 1.54) is 36.1 Å². The van der Waals surface area contributed by atoms with Gasteiger partial charge in [-0.25, -0.2) is 0 Å². The minimum atomic E-state index is 0.622. The number of likely N-dealkylation sites (tertiary alicyclic amines) is 1. The maximum atomic E-state index is 4.47. The zero-order valence-electron chi connectivity index (χ0n) is 14.5. The number of piperidine rings is 1. The molecular weight excluding hydrogens is 294 g/mol. The van der Waals surface area contributed by atoms with E-state index in [4.69, 9.17) is 0 Å². The fraction of sp³-hybridized carbons (Fsp3) is 0.476. The Kier molecular flexibility index (Phi) is 4.63. The number of aromatic nitrogens is 1. The maximum absolute atomic E-state index is 4.47. The lowest BCUT2D eigenvalue weighted by atomic mass is 9.92. The molecule has 24 heavy (non-hydrogen) atoms. The predicted molar refractivity (Wildman–Crippen MR) is 97.9 cm³/mol. The SMILES string of the molecule is C[C@@H]1CN(Cc2ccccn2)CC[C@@H]1NC1Cc2ccccc2C1. The predicted octanol–water partition coefficient (Wildman–Crippen LogP) is 3.05. The van der Waals surface area contributed by atoms with Gasteiger partial charge in [-0.1, -0.05) is 37.3 Å². The monoisotopic (exact) mass is 321 g/mol. The van der Waals surface area contributed by atoms with Crippen molar-refractivity contribution in [3.05, 3.63) is 65.5 Å². The van der Waals surface area contributed by atoms with Crippen molar-refractivity contribution >= 4 is 0 Å². The van der Waals surface area contributed by atoms with Crippen LogP contribution in [-0.4, -0.2) is 35.1 Å². The van der Waals surface area contributed by atoms with E-state index in [-0.39, 0.29) is 0 Å². The van der Waals surface area contributed by atoms with Crippen molar-refractivity contribution in [3.8, 4) is 0 Å². The summed E-state index contributed by atoms with van der Waals surface area (Å²) in [6, 6.07) is 16.4. The number of benzene rings is 1. The van der Waals surface area contributed by atoms with Crippen LogP contribution in [0, 0.1) is 5.92 Å². The van der Waals surface area contributed by atoms with Gasteiger partial charge in [0.25, 0.3) is 0 Å². The molecule has 0 bridgehead atoms. The van der Waals surface area contributed by atoms with E-state index in [2.05, 4.69) is 58.5 Å². The number of hydrogen-bond donors (Lipinski definition) is 1. The minimum Gasteiger partial charge on any atom is -0.310 e. The molecule has 126 valence electrons. The van der Waals surface area contributed by atoms with E-state index < -0.39 is 0 Å². The van der Waals surface area contributed by atoms with Crippen LogP contribution in [0.3, 0.4) is 0 Å². The lowest BCUT2D eigenvalue weighted by molar-refractivity contribution is 0.133. The average molecular weight is 321 g/mol. The molecule has 1 fully saturated rings. The Morgan fingerprint density at radius 1 is 1.08 bits per heavy atom. The molecule has 3 nitrogen and oxygen atoms in total. The van der Waals surface area contributed by atoms with Crippen LogP contribution in [0.4, 0.5) is 0 Å². The van der Waals surface area contributed by atoms with Crippen molar-refractivity contribution in [2.45, 2.75) is 44.8 Å². The molecule has 0 unspecified atom stereocenters. The molecular formula is C21H27N3. The summed E-state index contributed by atoms with van der Waals surface area (Å²) < 4.78 is 0. The van der Waals surface area contributed by atoms with Gasteiger partial charge >= 0.3 is 0 Å². The van der Waals surface area contributed by atoms with Crippen molar-refractivity contribution < 1.29 is 0 Å². The first-order chi connectivity index (χ1) is 11.8. The fourth-order valence-corrected chi connectivity index (χ4v) is 4.32. The fourth-order valence-electron chi connectivity index (χ4n) is 4.32. The Labute approximate surface area is 145 Å². The van der Waals surface area contributed by atoms with Crippen LogP contribution in [0.25, 0.3) is 0 Å². The lowest BCUT2D eigenvalue weighted by Gasteiger charge is -2.38. The van der Waals surface area contributed by atoms with Crippen LogP contribution in [0.15, 0.2) is 48.7 Å². The molecule has 0 radical (unpaired) electrons. The molecule has 1 saturated heterocycles. The van der Waals surface area contributed by atoms with Gasteiger partial charge in [-0.3, -0.25) is 9.88 Å². The van der Waals surface area contributed by atoms with Gasteiger partial charge < -0.3 is 5.32 Å². The van der Waals surface area contributed by atoms with E-state index in [1.807, 2.05) is 12.3 Å². The summed E-state index contributed by atoms with van der Waals surface area (Å²) >= 11 is 0. The van der Waals surface area contributed by atoms with Crippen LogP contribution in [-0.2, 0) is 19.4 Å². The zero-order chi connectivity index (χ0) is 16.4.